The normalized spacial score (nSPS) is 8.00. The van der Waals surface area contributed by atoms with Crippen LogP contribution in [0.2, 0.25) is 0 Å². The summed E-state index contributed by atoms with van der Waals surface area (Å²) in [5.74, 6) is -3.72. The number of carboxylic acid groups (broad SMARTS) is 2. The standard InChI is InChI=1S/2C2H2N4O2.2K/c2*7-2(8)1-3-5-6-4-1;;/h2*(H,7,8)(H,3,4,5,6);;/q;;2*+1/p-2. The van der Waals surface area contributed by atoms with Crippen LogP contribution in [0.15, 0.2) is 0 Å². The van der Waals surface area contributed by atoms with Crippen molar-refractivity contribution < 1.29 is 123 Å². The summed E-state index contributed by atoms with van der Waals surface area (Å²) in [6.45, 7) is 0. The number of aromatic amines is 2. The van der Waals surface area contributed by atoms with Gasteiger partial charge in [-0.05, 0) is 10.4 Å². The molecule has 12 nitrogen and oxygen atoms in total. The zero-order chi connectivity index (χ0) is 12.0. The van der Waals surface area contributed by atoms with Gasteiger partial charge in [0.25, 0.3) is 0 Å². The maximum Gasteiger partial charge on any atom is 1.00 e. The van der Waals surface area contributed by atoms with Gasteiger partial charge < -0.3 is 19.8 Å². The molecule has 14 heteroatoms. The molecule has 0 aliphatic rings. The first kappa shape index (κ1) is 20.7. The van der Waals surface area contributed by atoms with Crippen LogP contribution in [0.5, 0.6) is 0 Å². The first-order valence-electron chi connectivity index (χ1n) is 3.51. The van der Waals surface area contributed by atoms with Gasteiger partial charge in [-0.1, -0.05) is 0 Å². The molecule has 0 radical (unpaired) electrons. The van der Waals surface area contributed by atoms with Gasteiger partial charge in [0.05, 0.1) is 0 Å². The summed E-state index contributed by atoms with van der Waals surface area (Å²) < 4.78 is 0. The van der Waals surface area contributed by atoms with E-state index in [1.165, 1.54) is 0 Å². The van der Waals surface area contributed by atoms with E-state index in [1.807, 2.05) is 10.4 Å². The molecule has 0 amide bonds. The quantitative estimate of drug-likeness (QED) is 0.503. The molecule has 0 atom stereocenters. The van der Waals surface area contributed by atoms with E-state index in [-0.39, 0.29) is 103 Å². The number of carbonyl (C=O) groups excluding carboxylic acids is 2. The number of hydrogen-bond donors (Lipinski definition) is 2. The number of carbonyl (C=O) groups is 2. The number of nitrogens with one attached hydrogen (secondary N) is 2. The molecule has 0 fully saturated rings. The van der Waals surface area contributed by atoms with E-state index >= 15 is 0 Å². The molecule has 18 heavy (non-hydrogen) atoms. The van der Waals surface area contributed by atoms with Crippen molar-refractivity contribution in [2.24, 2.45) is 0 Å². The van der Waals surface area contributed by atoms with Crippen molar-refractivity contribution in [1.29, 1.82) is 0 Å². The Morgan fingerprint density at radius 3 is 1.28 bits per heavy atom. The summed E-state index contributed by atoms with van der Waals surface area (Å²) >= 11 is 0. The largest absolute Gasteiger partial charge is 1.00 e. The van der Waals surface area contributed by atoms with Gasteiger partial charge in [-0.25, -0.2) is 0 Å². The van der Waals surface area contributed by atoms with E-state index in [0.29, 0.717) is 0 Å². The molecule has 2 N–H and O–H groups in total. The minimum atomic E-state index is -1.43. The number of aromatic carboxylic acids is 2. The predicted octanol–water partition coefficient (Wildman–Crippen LogP) is -10.9. The molecule has 2 rings (SSSR count). The van der Waals surface area contributed by atoms with Crippen LogP contribution >= 0.6 is 0 Å². The fraction of sp³-hybridized carbons (Fsp3) is 0. The predicted molar refractivity (Wildman–Crippen MR) is 37.0 cm³/mol. The summed E-state index contributed by atoms with van der Waals surface area (Å²) in [6, 6.07) is 0. The van der Waals surface area contributed by atoms with Crippen LogP contribution in [0.3, 0.4) is 0 Å². The Labute approximate surface area is 184 Å². The monoisotopic (exact) mass is 304 g/mol. The molecule has 0 unspecified atom stereocenters. The molecular formula is C4H2K2N8O4. The van der Waals surface area contributed by atoms with Gasteiger partial charge in [-0.3, -0.25) is 0 Å². The van der Waals surface area contributed by atoms with E-state index in [4.69, 9.17) is 0 Å². The van der Waals surface area contributed by atoms with Gasteiger partial charge in [0.1, 0.15) is 11.9 Å². The smallest absolute Gasteiger partial charge is 0.541 e. The Bertz CT molecular complexity index is 413. The minimum Gasteiger partial charge on any atom is -0.541 e. The molecule has 2 aromatic rings. The fourth-order valence-corrected chi connectivity index (χ4v) is 0.497. The summed E-state index contributed by atoms with van der Waals surface area (Å²) in [7, 11) is 0. The van der Waals surface area contributed by atoms with Crippen LogP contribution < -0.4 is 113 Å². The fourth-order valence-electron chi connectivity index (χ4n) is 0.497. The Morgan fingerprint density at radius 2 is 1.17 bits per heavy atom. The summed E-state index contributed by atoms with van der Waals surface area (Å²) in [5.41, 5.74) is 0. The Morgan fingerprint density at radius 1 is 0.833 bits per heavy atom. The molecule has 0 aromatic carbocycles. The third-order valence-corrected chi connectivity index (χ3v) is 1.06. The van der Waals surface area contributed by atoms with Crippen molar-refractivity contribution in [3.63, 3.8) is 0 Å². The number of carboxylic acids is 2. The van der Waals surface area contributed by atoms with Crippen LogP contribution in [-0.4, -0.2) is 53.2 Å². The van der Waals surface area contributed by atoms with Crippen molar-refractivity contribution in [1.82, 2.24) is 41.2 Å². The number of nitrogens with zero attached hydrogens (tertiary/aromatic N) is 6. The second-order valence-corrected chi connectivity index (χ2v) is 2.05. The first-order chi connectivity index (χ1) is 7.61. The Kier molecular flexibility index (Phi) is 12.9. The molecule has 0 aliphatic carbocycles. The molecule has 84 valence electrons. The Hall–Kier alpha value is 0.353. The van der Waals surface area contributed by atoms with E-state index in [1.54, 1.807) is 0 Å². The van der Waals surface area contributed by atoms with Crippen molar-refractivity contribution in [3.8, 4) is 0 Å². The second kappa shape index (κ2) is 11.2. The number of aromatic nitrogens is 8. The molecule has 0 spiro atoms. The van der Waals surface area contributed by atoms with Crippen molar-refractivity contribution >= 4 is 11.9 Å². The maximum absolute atomic E-state index is 9.77. The molecular weight excluding hydrogens is 302 g/mol. The summed E-state index contributed by atoms with van der Waals surface area (Å²) in [5, 5.41) is 41.9. The van der Waals surface area contributed by atoms with Gasteiger partial charge in [0.15, 0.2) is 0 Å². The SMILES string of the molecule is O=C([O-])c1nn[nH]n1.O=C([O-])c1nn[nH]n1.[K+].[K+]. The van der Waals surface area contributed by atoms with Crippen LogP contribution in [-0.2, 0) is 0 Å². The van der Waals surface area contributed by atoms with Gasteiger partial charge in [0, 0.05) is 0 Å². The molecule has 0 bridgehead atoms. The van der Waals surface area contributed by atoms with Crippen LogP contribution in [0.1, 0.15) is 21.2 Å². The number of tetrazole rings is 2. The topological polar surface area (TPSA) is 189 Å². The molecule has 2 aromatic heterocycles. The average molecular weight is 304 g/mol. The minimum absolute atomic E-state index is 0. The van der Waals surface area contributed by atoms with E-state index in [9.17, 15) is 19.8 Å². The van der Waals surface area contributed by atoms with Gasteiger partial charge in [-0.15, -0.1) is 20.4 Å². The van der Waals surface area contributed by atoms with Crippen LogP contribution in [0.25, 0.3) is 0 Å². The van der Waals surface area contributed by atoms with Gasteiger partial charge in [0.2, 0.25) is 11.6 Å². The zero-order valence-electron chi connectivity index (χ0n) is 9.32. The van der Waals surface area contributed by atoms with E-state index in [2.05, 4.69) is 30.8 Å². The van der Waals surface area contributed by atoms with Crippen molar-refractivity contribution in [2.45, 2.75) is 0 Å². The molecule has 0 saturated heterocycles. The van der Waals surface area contributed by atoms with Crippen LogP contribution in [0.4, 0.5) is 0 Å². The first-order valence-corrected chi connectivity index (χ1v) is 3.51. The molecule has 0 aliphatic heterocycles. The number of hydrogen-bond acceptors (Lipinski definition) is 10. The number of H-pyrrole nitrogens is 2. The van der Waals surface area contributed by atoms with Crippen molar-refractivity contribution in [3.05, 3.63) is 11.6 Å². The van der Waals surface area contributed by atoms with Gasteiger partial charge >= 0.3 is 103 Å². The summed E-state index contributed by atoms with van der Waals surface area (Å²) in [4.78, 5) is 19.5. The van der Waals surface area contributed by atoms with Crippen LogP contribution in [0, 0.1) is 0 Å². The van der Waals surface area contributed by atoms with E-state index in [0.717, 1.165) is 0 Å². The second-order valence-electron chi connectivity index (χ2n) is 2.05. The average Bonchev–Trinajstić information content (AvgIpc) is 2.93. The Balaban J connectivity index is 0. The van der Waals surface area contributed by atoms with E-state index < -0.39 is 23.6 Å². The third-order valence-electron chi connectivity index (χ3n) is 1.06. The number of rotatable bonds is 2. The third kappa shape index (κ3) is 7.71. The van der Waals surface area contributed by atoms with Crippen molar-refractivity contribution in [2.75, 3.05) is 0 Å². The maximum atomic E-state index is 9.77. The summed E-state index contributed by atoms with van der Waals surface area (Å²) in [6.07, 6.45) is 0. The zero-order valence-corrected chi connectivity index (χ0v) is 15.6. The molecule has 2 heterocycles. The molecule has 0 saturated carbocycles. The van der Waals surface area contributed by atoms with Gasteiger partial charge in [-0.2, -0.15) is 10.4 Å².